The normalized spacial score (nSPS) is 21.2. The van der Waals surface area contributed by atoms with Gasteiger partial charge in [0.05, 0.1) is 19.4 Å². The third-order valence-electron chi connectivity index (χ3n) is 7.34. The van der Waals surface area contributed by atoms with Crippen molar-refractivity contribution in [3.8, 4) is 0 Å². The number of fused-ring (bicyclic) bond motifs is 1. The lowest BCUT2D eigenvalue weighted by molar-refractivity contribution is 0.122. The number of ether oxygens (including phenoxy) is 1. The minimum absolute atomic E-state index is 0.623. The maximum atomic E-state index is 5.53. The molecule has 0 saturated carbocycles. The first-order valence-electron chi connectivity index (χ1n) is 13.3. The summed E-state index contributed by atoms with van der Waals surface area (Å²) in [6, 6.07) is 0. The Morgan fingerprint density at radius 2 is 1.36 bits per heavy atom. The monoisotopic (exact) mass is 499 g/mol. The van der Waals surface area contributed by atoms with Gasteiger partial charge in [0.25, 0.3) is 0 Å². The van der Waals surface area contributed by atoms with Gasteiger partial charge in [-0.15, -0.1) is 0 Å². The van der Waals surface area contributed by atoms with E-state index in [9.17, 15) is 0 Å². The Kier molecular flexibility index (Phi) is 8.59. The number of nitrogens with one attached hydrogen (secondary N) is 2. The number of rotatable bonds is 9. The van der Waals surface area contributed by atoms with Gasteiger partial charge in [-0.3, -0.25) is 9.80 Å². The summed E-state index contributed by atoms with van der Waals surface area (Å²) in [5.41, 5.74) is 1.34. The smallest absolute Gasteiger partial charge is 0.229 e. The average molecular weight is 500 g/mol. The van der Waals surface area contributed by atoms with Gasteiger partial charge in [-0.2, -0.15) is 9.97 Å². The molecule has 5 heterocycles. The van der Waals surface area contributed by atoms with Gasteiger partial charge in [0, 0.05) is 91.6 Å². The van der Waals surface area contributed by atoms with Gasteiger partial charge in [-0.25, -0.2) is 9.97 Å². The summed E-state index contributed by atoms with van der Waals surface area (Å²) >= 11 is 0. The molecule has 3 aliphatic heterocycles. The average Bonchev–Trinajstić information content (AvgIpc) is 2.91. The van der Waals surface area contributed by atoms with Crippen molar-refractivity contribution in [1.82, 2.24) is 39.5 Å². The molecule has 3 saturated heterocycles. The van der Waals surface area contributed by atoms with Crippen molar-refractivity contribution in [2.24, 2.45) is 0 Å². The summed E-state index contributed by atoms with van der Waals surface area (Å²) < 4.78 is 5.53. The first kappa shape index (κ1) is 25.3. The van der Waals surface area contributed by atoms with E-state index in [1.54, 1.807) is 6.20 Å². The van der Waals surface area contributed by atoms with Crippen molar-refractivity contribution >= 4 is 28.7 Å². The second kappa shape index (κ2) is 12.2. The van der Waals surface area contributed by atoms with Crippen LogP contribution in [0.3, 0.4) is 0 Å². The highest BCUT2D eigenvalue weighted by molar-refractivity contribution is 5.84. The number of anilines is 3. The Hall–Kier alpha value is -2.38. The van der Waals surface area contributed by atoms with Crippen LogP contribution in [0, 0.1) is 0 Å². The van der Waals surface area contributed by atoms with E-state index < -0.39 is 0 Å². The van der Waals surface area contributed by atoms with E-state index >= 15 is 0 Å². The molecule has 0 radical (unpaired) electrons. The number of hydrogen-bond donors (Lipinski definition) is 2. The third kappa shape index (κ3) is 6.68. The first-order valence-corrected chi connectivity index (χ1v) is 13.3. The van der Waals surface area contributed by atoms with Gasteiger partial charge in [0.2, 0.25) is 5.95 Å². The van der Waals surface area contributed by atoms with Crippen LogP contribution in [0.5, 0.6) is 0 Å². The summed E-state index contributed by atoms with van der Waals surface area (Å²) in [4.78, 5) is 31.1. The summed E-state index contributed by atoms with van der Waals surface area (Å²) in [7, 11) is 4.37. The lowest BCUT2D eigenvalue weighted by Gasteiger charge is -2.32. The van der Waals surface area contributed by atoms with Crippen LogP contribution in [0.4, 0.5) is 17.6 Å². The highest BCUT2D eigenvalue weighted by Gasteiger charge is 2.19. The maximum absolute atomic E-state index is 5.53. The highest BCUT2D eigenvalue weighted by Crippen LogP contribution is 2.22. The topological polar surface area (TPSA) is 101 Å². The zero-order valence-corrected chi connectivity index (χ0v) is 21.8. The van der Waals surface area contributed by atoms with Crippen molar-refractivity contribution in [3.63, 3.8) is 0 Å². The van der Waals surface area contributed by atoms with E-state index in [1.165, 1.54) is 0 Å². The minimum atomic E-state index is 0.623. The molecule has 198 valence electrons. The lowest BCUT2D eigenvalue weighted by atomic mass is 10.3. The Labute approximate surface area is 214 Å². The molecular weight excluding hydrogens is 458 g/mol. The van der Waals surface area contributed by atoms with Crippen molar-refractivity contribution < 1.29 is 4.74 Å². The molecule has 5 rings (SSSR count). The highest BCUT2D eigenvalue weighted by atomic mass is 16.5. The Balaban J connectivity index is 1.26. The fourth-order valence-corrected chi connectivity index (χ4v) is 4.83. The first-order chi connectivity index (χ1) is 17.6. The fraction of sp³-hybridized carbons (Fsp3) is 0.750. The molecule has 3 aliphatic rings. The predicted molar refractivity (Wildman–Crippen MR) is 143 cm³/mol. The molecule has 0 atom stereocenters. The van der Waals surface area contributed by atoms with Gasteiger partial charge < -0.3 is 30.1 Å². The summed E-state index contributed by atoms with van der Waals surface area (Å²) in [5.74, 6) is 2.20. The number of nitrogens with zero attached hydrogens (tertiary/aromatic N) is 9. The van der Waals surface area contributed by atoms with Crippen LogP contribution in [-0.4, -0.2) is 158 Å². The molecule has 2 N–H and O–H groups in total. The van der Waals surface area contributed by atoms with Crippen LogP contribution in [-0.2, 0) is 4.74 Å². The molecule has 36 heavy (non-hydrogen) atoms. The van der Waals surface area contributed by atoms with Gasteiger partial charge in [0.1, 0.15) is 5.82 Å². The molecule has 0 unspecified atom stereocenters. The van der Waals surface area contributed by atoms with Crippen LogP contribution >= 0.6 is 0 Å². The standard InChI is InChI=1S/C24H41N11O/c1-31-7-11-33(12-8-31)5-3-25-20-19-27-21-22(26-4-6-34-13-9-32(2)10-14-34)29-24(30-23(21)28-20)35-15-17-36-18-16-35/h19H,3-18H2,1-2H3,(H2,25,26,28,29,30). The molecular formula is C24H41N11O. The van der Waals surface area contributed by atoms with Crippen molar-refractivity contribution in [3.05, 3.63) is 6.20 Å². The number of morpholine rings is 1. The van der Waals surface area contributed by atoms with Gasteiger partial charge in [0.15, 0.2) is 17.0 Å². The Morgan fingerprint density at radius 3 is 2.00 bits per heavy atom. The summed E-state index contributed by atoms with van der Waals surface area (Å²) in [6.07, 6.45) is 1.80. The molecule has 0 aliphatic carbocycles. The van der Waals surface area contributed by atoms with Gasteiger partial charge >= 0.3 is 0 Å². The molecule has 0 spiro atoms. The lowest BCUT2D eigenvalue weighted by Crippen LogP contribution is -2.45. The van der Waals surface area contributed by atoms with Crippen LogP contribution in [0.15, 0.2) is 6.20 Å². The fourth-order valence-electron chi connectivity index (χ4n) is 4.83. The van der Waals surface area contributed by atoms with E-state index in [2.05, 4.69) is 49.2 Å². The molecule has 0 aromatic carbocycles. The van der Waals surface area contributed by atoms with Gasteiger partial charge in [-0.1, -0.05) is 0 Å². The Morgan fingerprint density at radius 1 is 0.750 bits per heavy atom. The van der Waals surface area contributed by atoms with Crippen LogP contribution in [0.25, 0.3) is 11.2 Å². The summed E-state index contributed by atoms with van der Waals surface area (Å²) in [5, 5.41) is 6.99. The third-order valence-corrected chi connectivity index (χ3v) is 7.34. The quantitative estimate of drug-likeness (QED) is 0.468. The molecule has 0 bridgehead atoms. The molecule has 0 amide bonds. The van der Waals surface area contributed by atoms with E-state index in [1.807, 2.05) is 0 Å². The maximum Gasteiger partial charge on any atom is 0.229 e. The van der Waals surface area contributed by atoms with Crippen molar-refractivity contribution in [2.45, 2.75) is 0 Å². The van der Waals surface area contributed by atoms with Crippen LogP contribution < -0.4 is 15.5 Å². The van der Waals surface area contributed by atoms with Gasteiger partial charge in [-0.05, 0) is 14.1 Å². The van der Waals surface area contributed by atoms with E-state index in [4.69, 9.17) is 24.7 Å². The number of piperazine rings is 2. The van der Waals surface area contributed by atoms with Crippen molar-refractivity contribution in [2.75, 3.05) is 134 Å². The molecule has 2 aromatic heterocycles. The molecule has 3 fully saturated rings. The Bertz CT molecular complexity index is 970. The molecule has 12 nitrogen and oxygen atoms in total. The van der Waals surface area contributed by atoms with Crippen molar-refractivity contribution in [1.29, 1.82) is 0 Å². The number of hydrogen-bond acceptors (Lipinski definition) is 12. The minimum Gasteiger partial charge on any atom is -0.378 e. The number of aromatic nitrogens is 4. The number of likely N-dealkylation sites (N-methyl/N-ethyl adjacent to an activating group) is 2. The molecule has 2 aromatic rings. The van der Waals surface area contributed by atoms with E-state index in [0.29, 0.717) is 24.8 Å². The van der Waals surface area contributed by atoms with E-state index in [-0.39, 0.29) is 0 Å². The second-order valence-electron chi connectivity index (χ2n) is 10.0. The molecule has 12 heteroatoms. The zero-order chi connectivity index (χ0) is 24.7. The second-order valence-corrected chi connectivity index (χ2v) is 10.0. The summed E-state index contributed by atoms with van der Waals surface area (Å²) in [6.45, 7) is 15.5. The SMILES string of the molecule is CN1CCN(CCNc2cnc3c(NCCN4CCN(C)CC4)nc(N4CCOCC4)nc3n2)CC1. The van der Waals surface area contributed by atoms with Crippen LogP contribution in [0.2, 0.25) is 0 Å². The van der Waals surface area contributed by atoms with Crippen LogP contribution in [0.1, 0.15) is 0 Å². The van der Waals surface area contributed by atoms with E-state index in [0.717, 1.165) is 109 Å². The largest absolute Gasteiger partial charge is 0.378 e. The zero-order valence-electron chi connectivity index (χ0n) is 21.8. The predicted octanol–water partition coefficient (Wildman–Crippen LogP) is -0.425.